The number of likely N-dealkylation sites (tertiary alicyclic amines) is 1. The molecule has 0 spiro atoms. The minimum Gasteiger partial charge on any atom is -0.449 e. The maximum absolute atomic E-state index is 11.5. The summed E-state index contributed by atoms with van der Waals surface area (Å²) in [6.07, 6.45) is 2.88. The van der Waals surface area contributed by atoms with Gasteiger partial charge in [0.2, 0.25) is 5.91 Å². The summed E-state index contributed by atoms with van der Waals surface area (Å²) in [7, 11) is 0. The Bertz CT molecular complexity index is 243. The summed E-state index contributed by atoms with van der Waals surface area (Å²) < 4.78 is 5.03. The van der Waals surface area contributed by atoms with Gasteiger partial charge in [0.1, 0.15) is 6.04 Å². The van der Waals surface area contributed by atoms with Gasteiger partial charge >= 0.3 is 6.09 Å². The first-order valence-electron chi connectivity index (χ1n) is 5.39. The molecule has 86 valence electrons. The van der Waals surface area contributed by atoms with E-state index in [4.69, 9.17) is 10.5 Å². The number of rotatable bonds is 4. The number of primary amides is 1. The van der Waals surface area contributed by atoms with Crippen LogP contribution < -0.4 is 5.73 Å². The molecule has 0 bridgehead atoms. The maximum Gasteiger partial charge on any atom is 0.410 e. The lowest BCUT2D eigenvalue weighted by Gasteiger charge is -2.21. The average Bonchev–Trinajstić information content (AvgIpc) is 2.66. The second-order valence-corrected chi connectivity index (χ2v) is 3.72. The van der Waals surface area contributed by atoms with Gasteiger partial charge in [0.05, 0.1) is 6.61 Å². The van der Waals surface area contributed by atoms with Crippen LogP contribution in [0.4, 0.5) is 4.79 Å². The number of unbranched alkanes of at least 4 members (excludes halogenated alkanes) is 1. The summed E-state index contributed by atoms with van der Waals surface area (Å²) in [4.78, 5) is 24.0. The summed E-state index contributed by atoms with van der Waals surface area (Å²) in [5.74, 6) is -0.444. The molecule has 1 unspecified atom stereocenters. The van der Waals surface area contributed by atoms with E-state index in [1.807, 2.05) is 6.92 Å². The normalized spacial score (nSPS) is 20.3. The third-order valence-electron chi connectivity index (χ3n) is 2.54. The average molecular weight is 214 g/mol. The molecular weight excluding hydrogens is 196 g/mol. The third-order valence-corrected chi connectivity index (χ3v) is 2.54. The second kappa shape index (κ2) is 5.58. The van der Waals surface area contributed by atoms with E-state index in [0.717, 1.165) is 19.3 Å². The number of nitrogens with zero attached hydrogens (tertiary/aromatic N) is 1. The Morgan fingerprint density at radius 2 is 2.27 bits per heavy atom. The van der Waals surface area contributed by atoms with E-state index in [-0.39, 0.29) is 0 Å². The molecule has 5 heteroatoms. The zero-order valence-corrected chi connectivity index (χ0v) is 9.07. The predicted octanol–water partition coefficient (Wildman–Crippen LogP) is 0.873. The molecule has 15 heavy (non-hydrogen) atoms. The number of hydrogen-bond donors (Lipinski definition) is 1. The molecule has 0 radical (unpaired) electrons. The fourth-order valence-corrected chi connectivity index (χ4v) is 1.67. The topological polar surface area (TPSA) is 72.6 Å². The van der Waals surface area contributed by atoms with E-state index in [9.17, 15) is 9.59 Å². The summed E-state index contributed by atoms with van der Waals surface area (Å²) >= 11 is 0. The lowest BCUT2D eigenvalue weighted by Crippen LogP contribution is -2.44. The molecule has 5 nitrogen and oxygen atoms in total. The first-order chi connectivity index (χ1) is 7.16. The van der Waals surface area contributed by atoms with Crippen molar-refractivity contribution < 1.29 is 14.3 Å². The molecule has 2 N–H and O–H groups in total. The van der Waals surface area contributed by atoms with Gasteiger partial charge in [-0.25, -0.2) is 4.79 Å². The number of amides is 2. The van der Waals surface area contributed by atoms with E-state index < -0.39 is 18.0 Å². The molecule has 1 rings (SSSR count). The van der Waals surface area contributed by atoms with Gasteiger partial charge in [-0.1, -0.05) is 13.3 Å². The molecule has 1 saturated heterocycles. The van der Waals surface area contributed by atoms with Gasteiger partial charge in [-0.3, -0.25) is 9.69 Å². The number of nitrogens with two attached hydrogens (primary N) is 1. The van der Waals surface area contributed by atoms with Gasteiger partial charge in [-0.15, -0.1) is 0 Å². The summed E-state index contributed by atoms with van der Waals surface area (Å²) in [5.41, 5.74) is 5.19. The molecule has 1 fully saturated rings. The highest BCUT2D eigenvalue weighted by molar-refractivity contribution is 5.84. The highest BCUT2D eigenvalue weighted by Gasteiger charge is 2.33. The van der Waals surface area contributed by atoms with E-state index >= 15 is 0 Å². The first-order valence-corrected chi connectivity index (χ1v) is 5.39. The van der Waals surface area contributed by atoms with Crippen LogP contribution in [0, 0.1) is 0 Å². The molecule has 0 aromatic rings. The molecule has 1 atom stereocenters. The predicted molar refractivity (Wildman–Crippen MR) is 55.2 cm³/mol. The van der Waals surface area contributed by atoms with Gasteiger partial charge in [0.15, 0.2) is 0 Å². The van der Waals surface area contributed by atoms with Crippen molar-refractivity contribution in [2.75, 3.05) is 13.2 Å². The van der Waals surface area contributed by atoms with Crippen LogP contribution in [0.1, 0.15) is 32.6 Å². The zero-order valence-electron chi connectivity index (χ0n) is 9.07. The molecule has 1 heterocycles. The van der Waals surface area contributed by atoms with E-state index in [2.05, 4.69) is 0 Å². The van der Waals surface area contributed by atoms with E-state index in [1.54, 1.807) is 0 Å². The Balaban J connectivity index is 2.40. The molecule has 0 aliphatic carbocycles. The second-order valence-electron chi connectivity index (χ2n) is 3.72. The van der Waals surface area contributed by atoms with Gasteiger partial charge in [0, 0.05) is 6.54 Å². The van der Waals surface area contributed by atoms with Crippen molar-refractivity contribution in [3.8, 4) is 0 Å². The number of carbonyl (C=O) groups is 2. The number of carbonyl (C=O) groups excluding carboxylic acids is 2. The van der Waals surface area contributed by atoms with Crippen molar-refractivity contribution >= 4 is 12.0 Å². The molecule has 1 aliphatic heterocycles. The fourth-order valence-electron chi connectivity index (χ4n) is 1.67. The quantitative estimate of drug-likeness (QED) is 0.706. The summed E-state index contributed by atoms with van der Waals surface area (Å²) in [6, 6.07) is -0.473. The molecule has 0 saturated carbocycles. The zero-order chi connectivity index (χ0) is 11.3. The van der Waals surface area contributed by atoms with Crippen LogP contribution >= 0.6 is 0 Å². The van der Waals surface area contributed by atoms with Crippen LogP contribution in [0.2, 0.25) is 0 Å². The van der Waals surface area contributed by atoms with Crippen molar-refractivity contribution in [1.29, 1.82) is 0 Å². The van der Waals surface area contributed by atoms with Crippen LogP contribution in [0.3, 0.4) is 0 Å². The van der Waals surface area contributed by atoms with Gasteiger partial charge in [-0.2, -0.15) is 0 Å². The first kappa shape index (κ1) is 11.8. The van der Waals surface area contributed by atoms with Crippen LogP contribution in [0.5, 0.6) is 0 Å². The van der Waals surface area contributed by atoms with Crippen LogP contribution in [0.25, 0.3) is 0 Å². The SMILES string of the molecule is CCCCOC(=O)N1CCCC1C(N)=O. The Morgan fingerprint density at radius 1 is 1.53 bits per heavy atom. The molecule has 0 aromatic heterocycles. The lowest BCUT2D eigenvalue weighted by atomic mass is 10.2. The van der Waals surface area contributed by atoms with Gasteiger partial charge in [-0.05, 0) is 19.3 Å². The van der Waals surface area contributed by atoms with Crippen molar-refractivity contribution in [2.45, 2.75) is 38.6 Å². The maximum atomic E-state index is 11.5. The molecular formula is C10H18N2O3. The molecule has 0 aromatic carbocycles. The molecule has 1 aliphatic rings. The minimum absolute atomic E-state index is 0.412. The van der Waals surface area contributed by atoms with Crippen molar-refractivity contribution in [2.24, 2.45) is 5.73 Å². The van der Waals surface area contributed by atoms with Crippen LogP contribution in [-0.2, 0) is 9.53 Å². The molecule has 2 amide bonds. The highest BCUT2D eigenvalue weighted by Crippen LogP contribution is 2.17. The smallest absolute Gasteiger partial charge is 0.410 e. The summed E-state index contributed by atoms with van der Waals surface area (Å²) in [6.45, 7) is 3.01. The van der Waals surface area contributed by atoms with Crippen molar-refractivity contribution in [1.82, 2.24) is 4.90 Å². The van der Waals surface area contributed by atoms with Gasteiger partial charge in [0.25, 0.3) is 0 Å². The van der Waals surface area contributed by atoms with Crippen LogP contribution in [0.15, 0.2) is 0 Å². The Kier molecular flexibility index (Phi) is 4.39. The summed E-state index contributed by atoms with van der Waals surface area (Å²) in [5, 5.41) is 0. The van der Waals surface area contributed by atoms with Gasteiger partial charge < -0.3 is 10.5 Å². The standard InChI is InChI=1S/C10H18N2O3/c1-2-3-7-15-10(14)12-6-4-5-8(12)9(11)13/h8H,2-7H2,1H3,(H2,11,13). The Labute approximate surface area is 89.6 Å². The Hall–Kier alpha value is -1.26. The number of hydrogen-bond acceptors (Lipinski definition) is 3. The minimum atomic E-state index is -0.473. The van der Waals surface area contributed by atoms with Crippen LogP contribution in [-0.4, -0.2) is 36.1 Å². The lowest BCUT2D eigenvalue weighted by molar-refractivity contribution is -0.121. The Morgan fingerprint density at radius 3 is 2.87 bits per heavy atom. The van der Waals surface area contributed by atoms with E-state index in [1.165, 1.54) is 4.90 Å². The van der Waals surface area contributed by atoms with Crippen molar-refractivity contribution in [3.05, 3.63) is 0 Å². The highest BCUT2D eigenvalue weighted by atomic mass is 16.6. The monoisotopic (exact) mass is 214 g/mol. The van der Waals surface area contributed by atoms with Crippen molar-refractivity contribution in [3.63, 3.8) is 0 Å². The number of ether oxygens (including phenoxy) is 1. The third kappa shape index (κ3) is 3.11. The fraction of sp³-hybridized carbons (Fsp3) is 0.800. The largest absolute Gasteiger partial charge is 0.449 e. The van der Waals surface area contributed by atoms with E-state index in [0.29, 0.717) is 19.6 Å².